The highest BCUT2D eigenvalue weighted by Crippen LogP contribution is 2.14. The number of aromatic carboxylic acids is 1. The molecule has 1 N–H and O–H groups in total. The van der Waals surface area contributed by atoms with Gasteiger partial charge in [-0.1, -0.05) is 25.6 Å². The van der Waals surface area contributed by atoms with Crippen LogP contribution in [0.1, 0.15) is 41.0 Å². The van der Waals surface area contributed by atoms with Gasteiger partial charge < -0.3 is 9.84 Å². The Morgan fingerprint density at radius 1 is 1.24 bits per heavy atom. The minimum atomic E-state index is -1.20. The van der Waals surface area contributed by atoms with Crippen molar-refractivity contribution in [3.8, 4) is 0 Å². The Balaban J connectivity index is 2.80. The molecule has 0 spiro atoms. The van der Waals surface area contributed by atoms with Gasteiger partial charge in [0.05, 0.1) is 17.0 Å². The van der Waals surface area contributed by atoms with Gasteiger partial charge in [0.2, 0.25) is 0 Å². The van der Waals surface area contributed by atoms with Crippen molar-refractivity contribution in [2.24, 2.45) is 5.92 Å². The van der Waals surface area contributed by atoms with Gasteiger partial charge in [0.1, 0.15) is 6.61 Å². The zero-order chi connectivity index (χ0) is 16.0. The van der Waals surface area contributed by atoms with Gasteiger partial charge in [-0.05, 0) is 31.1 Å². The molecule has 1 atom stereocenters. The summed E-state index contributed by atoms with van der Waals surface area (Å²) in [5.74, 6) is -2.56. The van der Waals surface area contributed by atoms with Crippen LogP contribution < -0.4 is 0 Å². The fourth-order valence-corrected chi connectivity index (χ4v) is 1.83. The largest absolute Gasteiger partial charge is 0.478 e. The number of Topliss-reactive ketones (excluding diaryl/α,β-unsaturated/α-hetero) is 1. The highest BCUT2D eigenvalue weighted by atomic mass is 16.5. The maximum Gasteiger partial charge on any atom is 0.339 e. The quantitative estimate of drug-likeness (QED) is 0.617. The van der Waals surface area contributed by atoms with E-state index in [4.69, 9.17) is 9.84 Å². The van der Waals surface area contributed by atoms with Gasteiger partial charge in [-0.15, -0.1) is 0 Å². The number of hydrogen-bond donors (Lipinski definition) is 1. The van der Waals surface area contributed by atoms with Crippen LogP contribution in [0.25, 0.3) is 0 Å². The average Bonchev–Trinajstić information content (AvgIpc) is 2.47. The normalized spacial score (nSPS) is 11.5. The molecular weight excluding hydrogens is 272 g/mol. The number of hydrogen-bond acceptors (Lipinski definition) is 4. The number of allylic oxidation sites excluding steroid dienone is 1. The second-order valence-electron chi connectivity index (χ2n) is 4.70. The molecule has 0 aromatic heterocycles. The number of rotatable bonds is 7. The molecule has 0 saturated carbocycles. The van der Waals surface area contributed by atoms with Gasteiger partial charge in [0, 0.05) is 0 Å². The van der Waals surface area contributed by atoms with E-state index in [0.717, 1.165) is 0 Å². The number of carbonyl (C=O) groups is 3. The van der Waals surface area contributed by atoms with Gasteiger partial charge in [0.25, 0.3) is 0 Å². The van der Waals surface area contributed by atoms with Crippen LogP contribution in [0.15, 0.2) is 36.4 Å². The average molecular weight is 290 g/mol. The van der Waals surface area contributed by atoms with Crippen LogP contribution in [0.4, 0.5) is 0 Å². The second kappa shape index (κ2) is 7.38. The van der Waals surface area contributed by atoms with Gasteiger partial charge in [-0.2, -0.15) is 0 Å². The highest BCUT2D eigenvalue weighted by Gasteiger charge is 2.21. The number of carbonyl (C=O) groups excluding carboxylic acids is 2. The van der Waals surface area contributed by atoms with E-state index in [2.05, 4.69) is 6.58 Å². The smallest absolute Gasteiger partial charge is 0.339 e. The van der Waals surface area contributed by atoms with Crippen molar-refractivity contribution in [3.05, 3.63) is 47.5 Å². The molecule has 0 radical (unpaired) electrons. The topological polar surface area (TPSA) is 80.7 Å². The summed E-state index contributed by atoms with van der Waals surface area (Å²) >= 11 is 0. The Hall–Kier alpha value is -2.43. The Morgan fingerprint density at radius 2 is 1.81 bits per heavy atom. The molecule has 1 aromatic carbocycles. The minimum Gasteiger partial charge on any atom is -0.478 e. The predicted molar refractivity (Wildman–Crippen MR) is 77.3 cm³/mol. The van der Waals surface area contributed by atoms with E-state index >= 15 is 0 Å². The maximum absolute atomic E-state index is 12.0. The zero-order valence-corrected chi connectivity index (χ0v) is 12.1. The minimum absolute atomic E-state index is 0.0253. The van der Waals surface area contributed by atoms with Crippen molar-refractivity contribution in [2.75, 3.05) is 6.61 Å². The summed E-state index contributed by atoms with van der Waals surface area (Å²) < 4.78 is 5.08. The second-order valence-corrected chi connectivity index (χ2v) is 4.70. The van der Waals surface area contributed by atoms with Crippen LogP contribution in [0.3, 0.4) is 0 Å². The molecule has 0 saturated heterocycles. The van der Waals surface area contributed by atoms with Crippen LogP contribution in [-0.2, 0) is 9.53 Å². The third-order valence-corrected chi connectivity index (χ3v) is 3.08. The monoisotopic (exact) mass is 290 g/mol. The Bertz CT molecular complexity index is 574. The molecular formula is C16H18O5. The number of esters is 1. The first-order valence-corrected chi connectivity index (χ1v) is 6.57. The van der Waals surface area contributed by atoms with Crippen LogP contribution in [-0.4, -0.2) is 29.4 Å². The van der Waals surface area contributed by atoms with Gasteiger partial charge in [-0.25, -0.2) is 9.59 Å². The van der Waals surface area contributed by atoms with Crippen LogP contribution in [0.2, 0.25) is 0 Å². The van der Waals surface area contributed by atoms with E-state index in [1.54, 1.807) is 13.0 Å². The molecule has 112 valence electrons. The maximum atomic E-state index is 12.0. The summed E-state index contributed by atoms with van der Waals surface area (Å²) in [5.41, 5.74) is 0.258. The standard InChI is InChI=1S/C16H18O5/c1-4-11(14(17)10(2)3)9-21-16(20)13-8-6-5-7-12(13)15(18)19/h5-8,11H,2,4,9H2,1,3H3,(H,18,19). The highest BCUT2D eigenvalue weighted by molar-refractivity contribution is 6.02. The summed E-state index contributed by atoms with van der Waals surface area (Å²) in [7, 11) is 0. The fourth-order valence-electron chi connectivity index (χ4n) is 1.83. The summed E-state index contributed by atoms with van der Waals surface area (Å²) in [6, 6.07) is 5.79. The number of ketones is 1. The molecule has 0 heterocycles. The Kier molecular flexibility index (Phi) is 5.84. The lowest BCUT2D eigenvalue weighted by molar-refractivity contribution is -0.120. The molecule has 0 amide bonds. The van der Waals surface area contributed by atoms with E-state index in [9.17, 15) is 14.4 Å². The fraction of sp³-hybridized carbons (Fsp3) is 0.312. The molecule has 1 rings (SSSR count). The molecule has 0 fully saturated rings. The third-order valence-electron chi connectivity index (χ3n) is 3.08. The van der Waals surface area contributed by atoms with Gasteiger partial charge in [-0.3, -0.25) is 4.79 Å². The number of carboxylic acid groups (broad SMARTS) is 1. The third kappa shape index (κ3) is 4.27. The van der Waals surface area contributed by atoms with Crippen LogP contribution in [0, 0.1) is 5.92 Å². The Labute approximate surface area is 123 Å². The van der Waals surface area contributed by atoms with Crippen LogP contribution >= 0.6 is 0 Å². The van der Waals surface area contributed by atoms with Gasteiger partial charge >= 0.3 is 11.9 Å². The molecule has 21 heavy (non-hydrogen) atoms. The molecule has 1 aromatic rings. The van der Waals surface area contributed by atoms with Crippen molar-refractivity contribution in [2.45, 2.75) is 20.3 Å². The first-order chi connectivity index (χ1) is 9.88. The number of benzene rings is 1. The number of ether oxygens (including phenoxy) is 1. The van der Waals surface area contributed by atoms with Crippen molar-refractivity contribution < 1.29 is 24.2 Å². The summed E-state index contributed by atoms with van der Waals surface area (Å²) in [5, 5.41) is 9.03. The molecule has 1 unspecified atom stereocenters. The molecule has 0 aliphatic carbocycles. The van der Waals surface area contributed by atoms with Crippen molar-refractivity contribution in [3.63, 3.8) is 0 Å². The van der Waals surface area contributed by atoms with E-state index in [-0.39, 0.29) is 23.5 Å². The van der Waals surface area contributed by atoms with Crippen LogP contribution in [0.5, 0.6) is 0 Å². The SMILES string of the molecule is C=C(C)C(=O)C(CC)COC(=O)c1ccccc1C(=O)O. The summed E-state index contributed by atoms with van der Waals surface area (Å²) in [4.78, 5) is 34.8. The van der Waals surface area contributed by atoms with Crippen molar-refractivity contribution >= 4 is 17.7 Å². The van der Waals surface area contributed by atoms with E-state index in [0.29, 0.717) is 12.0 Å². The van der Waals surface area contributed by atoms with Crippen molar-refractivity contribution in [1.29, 1.82) is 0 Å². The molecule has 5 heteroatoms. The molecule has 0 aliphatic heterocycles. The van der Waals surface area contributed by atoms with E-state index in [1.807, 2.05) is 6.92 Å². The molecule has 0 bridgehead atoms. The van der Waals surface area contributed by atoms with E-state index < -0.39 is 17.9 Å². The van der Waals surface area contributed by atoms with Gasteiger partial charge in [0.15, 0.2) is 5.78 Å². The number of carboxylic acids is 1. The summed E-state index contributed by atoms with van der Waals surface area (Å²) in [6.07, 6.45) is 0.513. The lowest BCUT2D eigenvalue weighted by atomic mass is 9.98. The first-order valence-electron chi connectivity index (χ1n) is 6.57. The Morgan fingerprint density at radius 3 is 2.29 bits per heavy atom. The lowest BCUT2D eigenvalue weighted by Gasteiger charge is -2.14. The zero-order valence-electron chi connectivity index (χ0n) is 12.1. The summed E-state index contributed by atoms with van der Waals surface area (Å²) in [6.45, 7) is 6.90. The molecule has 5 nitrogen and oxygen atoms in total. The molecule has 0 aliphatic rings. The van der Waals surface area contributed by atoms with Crippen molar-refractivity contribution in [1.82, 2.24) is 0 Å². The predicted octanol–water partition coefficient (Wildman–Crippen LogP) is 2.71. The first kappa shape index (κ1) is 16.6. The van der Waals surface area contributed by atoms with E-state index in [1.165, 1.54) is 18.2 Å². The lowest BCUT2D eigenvalue weighted by Crippen LogP contribution is -2.23.